The van der Waals surface area contributed by atoms with Crippen LogP contribution in [0.4, 0.5) is 105 Å². The molecule has 376 valence electrons. The molecule has 0 unspecified atom stereocenters. The van der Waals surface area contributed by atoms with Gasteiger partial charge >= 0.3 is 49.4 Å². The Bertz CT molecular complexity index is 2310. The number of alkyl halides is 24. The van der Waals surface area contributed by atoms with Gasteiger partial charge in [-0.1, -0.05) is 78.9 Å². The lowest BCUT2D eigenvalue weighted by Gasteiger charge is -2.46. The number of hydrogen-bond donors (Lipinski definition) is 0. The summed E-state index contributed by atoms with van der Waals surface area (Å²) in [5.41, 5.74) is -28.9. The van der Waals surface area contributed by atoms with Crippen LogP contribution >= 0.6 is 0 Å². The minimum atomic E-state index is -6.13. The SMILES string of the molecule is FC(F)(F)c1cc([B-](c2cc(C(F)(F)F)cc(C(F)(F)F)c2)(c2cc(C(F)(F)F)cc(C(F)(F)F)c2)c2cc(C(F)(F)F)cc(C(F)(F)F)c2)cc(C(F)(F)F)c1.c1ccc(C[n+]2ccncc2)cc1. The van der Waals surface area contributed by atoms with E-state index in [-0.39, 0.29) is 0 Å². The first-order valence-corrected chi connectivity index (χ1v) is 18.9. The normalized spacial score (nSPS) is 13.5. The van der Waals surface area contributed by atoms with Crippen molar-refractivity contribution in [1.29, 1.82) is 0 Å². The Balaban J connectivity index is 0.000000600. The molecular weight excluding hydrogens is 1010 g/mol. The molecule has 0 saturated heterocycles. The topological polar surface area (TPSA) is 16.8 Å². The van der Waals surface area contributed by atoms with E-state index in [2.05, 4.69) is 33.8 Å². The van der Waals surface area contributed by atoms with Gasteiger partial charge in [-0.25, -0.2) is 0 Å². The van der Waals surface area contributed by atoms with Gasteiger partial charge in [-0.05, 0) is 24.3 Å². The number of nitrogens with zero attached hydrogens (tertiary/aromatic N) is 2. The average molecular weight is 1030 g/mol. The summed E-state index contributed by atoms with van der Waals surface area (Å²) in [5.74, 6) is 0. The van der Waals surface area contributed by atoms with Gasteiger partial charge in [0.1, 0.15) is 6.15 Å². The summed E-state index contributed by atoms with van der Waals surface area (Å²) in [5, 5.41) is 0. The molecule has 0 spiro atoms. The van der Waals surface area contributed by atoms with Crippen molar-refractivity contribution in [3.05, 3.63) is 178 Å². The molecule has 0 amide bonds. The Labute approximate surface area is 376 Å². The molecule has 27 heteroatoms. The third kappa shape index (κ3) is 12.7. The van der Waals surface area contributed by atoms with Gasteiger partial charge in [0.15, 0.2) is 18.9 Å². The molecule has 70 heavy (non-hydrogen) atoms. The van der Waals surface area contributed by atoms with E-state index in [0.717, 1.165) is 6.54 Å². The lowest BCUT2D eigenvalue weighted by atomic mass is 9.12. The van der Waals surface area contributed by atoms with Gasteiger partial charge in [0, 0.05) is 5.56 Å². The van der Waals surface area contributed by atoms with Crippen molar-refractivity contribution in [3.8, 4) is 0 Å². The molecule has 1 aromatic heterocycles. The minimum Gasteiger partial charge on any atom is -0.252 e. The molecule has 0 saturated carbocycles. The smallest absolute Gasteiger partial charge is 0.252 e. The van der Waals surface area contributed by atoms with Gasteiger partial charge in [0.05, 0.1) is 56.9 Å². The van der Waals surface area contributed by atoms with E-state index < -0.39 is 195 Å². The average Bonchev–Trinajstić information content (AvgIpc) is 3.22. The summed E-state index contributed by atoms with van der Waals surface area (Å²) >= 11 is 0. The van der Waals surface area contributed by atoms with Gasteiger partial charge in [-0.15, -0.1) is 0 Å². The third-order valence-electron chi connectivity index (χ3n) is 10.3. The molecule has 0 fully saturated rings. The molecular formula is C43H23BF24N2. The second-order valence-corrected chi connectivity index (χ2v) is 15.1. The molecule has 0 bridgehead atoms. The molecule has 0 N–H and O–H groups in total. The Morgan fingerprint density at radius 3 is 0.729 bits per heavy atom. The van der Waals surface area contributed by atoms with Crippen molar-refractivity contribution in [2.24, 2.45) is 0 Å². The van der Waals surface area contributed by atoms with E-state index in [1.807, 2.05) is 18.5 Å². The van der Waals surface area contributed by atoms with Crippen molar-refractivity contribution in [2.75, 3.05) is 0 Å². The van der Waals surface area contributed by atoms with Crippen molar-refractivity contribution in [3.63, 3.8) is 0 Å². The van der Waals surface area contributed by atoms with Gasteiger partial charge in [-0.3, -0.25) is 4.98 Å². The summed E-state index contributed by atoms with van der Waals surface area (Å²) in [7, 11) is 0. The number of halogens is 24. The van der Waals surface area contributed by atoms with E-state index in [0.29, 0.717) is 0 Å². The summed E-state index contributed by atoms with van der Waals surface area (Å²) < 4.78 is 343. The van der Waals surface area contributed by atoms with Gasteiger partial charge in [0.2, 0.25) is 0 Å². The first kappa shape index (κ1) is 54.5. The predicted octanol–water partition coefficient (Wildman–Crippen LogP) is 12.6. The van der Waals surface area contributed by atoms with Crippen LogP contribution in [0.5, 0.6) is 0 Å². The van der Waals surface area contributed by atoms with Crippen molar-refractivity contribution in [2.45, 2.75) is 56.0 Å². The zero-order valence-electron chi connectivity index (χ0n) is 33.9. The maximum Gasteiger partial charge on any atom is 0.416 e. The van der Waals surface area contributed by atoms with E-state index >= 15 is 0 Å². The van der Waals surface area contributed by atoms with Crippen LogP contribution in [-0.4, -0.2) is 11.1 Å². The standard InChI is InChI=1S/C32H12BF24.C11H11N2/c34-25(35,36)13-1-14(26(37,38)39)6-21(5-13)33(22-7-15(27(40,41)42)2-16(8-22)28(43,44)45,23-9-17(29(46,47)48)3-18(10-23)30(49,50)51)24-11-19(31(52,53)54)4-20(12-24)32(55,56)57;1-2-4-11(5-3-1)10-13-8-6-12-7-9-13/h1-12H;1-9H,10H2/q-1;+1. The molecule has 6 aromatic rings. The monoisotopic (exact) mass is 1030 g/mol. The quantitative estimate of drug-likeness (QED) is 0.0923. The number of aromatic nitrogens is 2. The molecule has 0 aliphatic rings. The lowest BCUT2D eigenvalue weighted by Crippen LogP contribution is -2.75. The first-order chi connectivity index (χ1) is 31.7. The molecule has 1 heterocycles. The molecule has 0 aliphatic heterocycles. The van der Waals surface area contributed by atoms with Crippen molar-refractivity contribution < 1.29 is 110 Å². The largest absolute Gasteiger partial charge is 0.416 e. The second kappa shape index (κ2) is 18.7. The fourth-order valence-corrected chi connectivity index (χ4v) is 7.32. The van der Waals surface area contributed by atoms with Crippen LogP contribution < -0.4 is 26.4 Å². The number of rotatable bonds is 6. The van der Waals surface area contributed by atoms with Gasteiger partial charge in [0.25, 0.3) is 0 Å². The third-order valence-corrected chi connectivity index (χ3v) is 10.3. The molecule has 0 radical (unpaired) electrons. The van der Waals surface area contributed by atoms with Gasteiger partial charge < -0.3 is 0 Å². The summed E-state index contributed by atoms with van der Waals surface area (Å²) in [6.45, 7) is 0.906. The van der Waals surface area contributed by atoms with E-state index in [1.165, 1.54) is 5.56 Å². The van der Waals surface area contributed by atoms with Crippen LogP contribution in [0.2, 0.25) is 0 Å². The van der Waals surface area contributed by atoms with Crippen LogP contribution in [0.25, 0.3) is 0 Å². The van der Waals surface area contributed by atoms with Crippen LogP contribution in [-0.2, 0) is 56.0 Å². The van der Waals surface area contributed by atoms with Gasteiger partial charge in [-0.2, -0.15) is 132 Å². The fourth-order valence-electron chi connectivity index (χ4n) is 7.32. The second-order valence-electron chi connectivity index (χ2n) is 15.1. The summed E-state index contributed by atoms with van der Waals surface area (Å²) in [4.78, 5) is 3.97. The lowest BCUT2D eigenvalue weighted by molar-refractivity contribution is -0.688. The first-order valence-electron chi connectivity index (χ1n) is 18.9. The van der Waals surface area contributed by atoms with E-state index in [1.54, 1.807) is 12.4 Å². The summed E-state index contributed by atoms with van der Waals surface area (Å²) in [6, 6.07) is 1.56. The fraction of sp³-hybridized carbons (Fsp3) is 0.209. The molecule has 5 aromatic carbocycles. The van der Waals surface area contributed by atoms with E-state index in [9.17, 15) is 105 Å². The molecule has 0 aliphatic carbocycles. The molecule has 2 nitrogen and oxygen atoms in total. The highest BCUT2D eigenvalue weighted by atomic mass is 19.4. The zero-order valence-corrected chi connectivity index (χ0v) is 33.9. The highest BCUT2D eigenvalue weighted by Gasteiger charge is 2.47. The Hall–Kier alpha value is -6.44. The minimum absolute atomic E-state index is 0.691. The highest BCUT2D eigenvalue weighted by molar-refractivity contribution is 7.20. The van der Waals surface area contributed by atoms with Crippen LogP contribution in [0.15, 0.2) is 128 Å². The van der Waals surface area contributed by atoms with Crippen molar-refractivity contribution in [1.82, 2.24) is 4.98 Å². The van der Waals surface area contributed by atoms with Crippen LogP contribution in [0.1, 0.15) is 50.1 Å². The Morgan fingerprint density at radius 1 is 0.314 bits per heavy atom. The Kier molecular flexibility index (Phi) is 14.6. The highest BCUT2D eigenvalue weighted by Crippen LogP contribution is 2.41. The maximum absolute atomic E-state index is 14.2. The van der Waals surface area contributed by atoms with Crippen molar-refractivity contribution >= 4 is 28.0 Å². The molecule has 0 atom stereocenters. The Morgan fingerprint density at radius 2 is 0.529 bits per heavy atom. The van der Waals surface area contributed by atoms with Crippen LogP contribution in [0, 0.1) is 0 Å². The number of hydrogen-bond acceptors (Lipinski definition) is 1. The predicted molar refractivity (Wildman–Crippen MR) is 200 cm³/mol. The van der Waals surface area contributed by atoms with Crippen LogP contribution in [0.3, 0.4) is 0 Å². The summed E-state index contributed by atoms with van der Waals surface area (Å²) in [6.07, 6.45) is -47.3. The maximum atomic E-state index is 14.2. The molecule has 6 rings (SSSR count). The zero-order chi connectivity index (χ0) is 52.8. The number of benzene rings is 5. The van der Waals surface area contributed by atoms with E-state index in [4.69, 9.17) is 0 Å².